The molecule has 2 nitrogen and oxygen atoms in total. The summed E-state index contributed by atoms with van der Waals surface area (Å²) in [4.78, 5) is 7.41. The molecule has 0 aliphatic carbocycles. The van der Waals surface area contributed by atoms with E-state index in [0.29, 0.717) is 0 Å². The van der Waals surface area contributed by atoms with Crippen LogP contribution in [-0.4, -0.2) is 4.98 Å². The molecule has 0 bridgehead atoms. The summed E-state index contributed by atoms with van der Waals surface area (Å²) in [5.74, 6) is 0. The van der Waals surface area contributed by atoms with Gasteiger partial charge in [0.15, 0.2) is 0 Å². The van der Waals surface area contributed by atoms with E-state index in [9.17, 15) is 0 Å². The summed E-state index contributed by atoms with van der Waals surface area (Å²) < 4.78 is 3.79. The Morgan fingerprint density at radius 2 is 0.877 bits per heavy atom. The fraction of sp³-hybridized carbons (Fsp3) is 0. The van der Waals surface area contributed by atoms with Crippen LogP contribution in [0.3, 0.4) is 0 Å². The van der Waals surface area contributed by atoms with Gasteiger partial charge in [0.25, 0.3) is 0 Å². The number of nitrogens with zero attached hydrogens (tertiary/aromatic N) is 2. The average Bonchev–Trinajstić information content (AvgIpc) is 3.87. The predicted molar refractivity (Wildman–Crippen MR) is 246 cm³/mol. The first-order chi connectivity index (χ1) is 28.2. The van der Waals surface area contributed by atoms with Gasteiger partial charge in [-0.2, -0.15) is 0 Å². The predicted octanol–water partition coefficient (Wildman–Crippen LogP) is 16.0. The Morgan fingerprint density at radius 1 is 0.333 bits per heavy atom. The Morgan fingerprint density at radius 3 is 1.56 bits per heavy atom. The average molecular weight is 763 g/mol. The van der Waals surface area contributed by atoms with Gasteiger partial charge in [0.2, 0.25) is 0 Å². The summed E-state index contributed by atoms with van der Waals surface area (Å²) in [5.41, 5.74) is 12.8. The maximum Gasteiger partial charge on any atom is 0.124 e. The van der Waals surface area contributed by atoms with Gasteiger partial charge in [-0.25, -0.2) is 4.98 Å². The van der Waals surface area contributed by atoms with Crippen molar-refractivity contribution in [2.75, 3.05) is 4.90 Å². The number of benzene rings is 9. The normalized spacial score (nSPS) is 11.5. The number of aromatic nitrogens is 1. The minimum Gasteiger partial charge on any atom is -0.310 e. The van der Waals surface area contributed by atoms with E-state index in [-0.39, 0.29) is 0 Å². The second-order valence-electron chi connectivity index (χ2n) is 14.4. The quantitative estimate of drug-likeness (QED) is 0.161. The van der Waals surface area contributed by atoms with Crippen molar-refractivity contribution in [2.24, 2.45) is 0 Å². The summed E-state index contributed by atoms with van der Waals surface area (Å²) >= 11 is 3.61. The smallest absolute Gasteiger partial charge is 0.124 e. The minimum atomic E-state index is 1.06. The van der Waals surface area contributed by atoms with Crippen LogP contribution in [0.5, 0.6) is 0 Å². The van der Waals surface area contributed by atoms with Crippen molar-refractivity contribution in [3.63, 3.8) is 0 Å². The molecule has 0 aliphatic heterocycles. The largest absolute Gasteiger partial charge is 0.310 e. The summed E-state index contributed by atoms with van der Waals surface area (Å²) in [5, 5.41) is 6.08. The van der Waals surface area contributed by atoms with Gasteiger partial charge >= 0.3 is 0 Å². The highest BCUT2D eigenvalue weighted by molar-refractivity contribution is 7.26. The summed E-state index contributed by atoms with van der Waals surface area (Å²) in [6.45, 7) is 0. The van der Waals surface area contributed by atoms with Gasteiger partial charge in [0.1, 0.15) is 5.01 Å². The Kier molecular flexibility index (Phi) is 8.24. The molecule has 0 amide bonds. The molecule has 0 spiro atoms. The molecule has 9 aromatic carbocycles. The van der Waals surface area contributed by atoms with Crippen molar-refractivity contribution in [3.05, 3.63) is 206 Å². The van der Waals surface area contributed by atoms with E-state index in [1.54, 1.807) is 11.3 Å². The van der Waals surface area contributed by atoms with Gasteiger partial charge in [-0.15, -0.1) is 22.7 Å². The Bertz CT molecular complexity index is 3200. The molecule has 4 heteroatoms. The van der Waals surface area contributed by atoms with E-state index in [1.165, 1.54) is 69.0 Å². The third-order valence-corrected chi connectivity index (χ3v) is 13.1. The van der Waals surface area contributed by atoms with Gasteiger partial charge < -0.3 is 4.90 Å². The molecule has 2 aromatic heterocycles. The first-order valence-electron chi connectivity index (χ1n) is 19.2. The third kappa shape index (κ3) is 6.07. The SMILES string of the molecule is c1ccc(-c2ccc(N(c3ccc(-c4ccc5sc6cc7nc(-c8ccccc8)sc7cc6c5c4)cc3)c3ccc(-c4ccccc4)c4ccccc34)cc2)cc1. The van der Waals surface area contributed by atoms with E-state index < -0.39 is 0 Å². The summed E-state index contributed by atoms with van der Waals surface area (Å²) in [6.07, 6.45) is 0. The molecular formula is C53H34N2S2. The van der Waals surface area contributed by atoms with Crippen LogP contribution in [0.25, 0.3) is 85.1 Å². The van der Waals surface area contributed by atoms with Crippen molar-refractivity contribution in [1.82, 2.24) is 4.98 Å². The lowest BCUT2D eigenvalue weighted by Gasteiger charge is -2.28. The van der Waals surface area contributed by atoms with Crippen LogP contribution in [0.1, 0.15) is 0 Å². The molecule has 11 aromatic rings. The van der Waals surface area contributed by atoms with E-state index in [0.717, 1.165) is 33.1 Å². The van der Waals surface area contributed by atoms with E-state index in [2.05, 4.69) is 211 Å². The molecule has 0 saturated carbocycles. The molecule has 0 atom stereocenters. The number of rotatable bonds is 7. The standard InChI is InChI=1S/C53H34N2S2/c1-4-12-35(13-5-1)36-20-25-41(26-21-36)55(49-30-29-43(38-14-6-2-7-15-38)44-18-10-11-19-45(44)49)42-27-22-37(23-28-42)40-24-31-50-46(32-40)47-33-52-48(34-51(47)56-50)54-53(57-52)39-16-8-3-9-17-39/h1-34H. The molecule has 2 heterocycles. The van der Waals surface area contributed by atoms with Crippen LogP contribution < -0.4 is 4.90 Å². The molecule has 0 N–H and O–H groups in total. The van der Waals surface area contributed by atoms with Crippen molar-refractivity contribution in [3.8, 4) is 44.0 Å². The zero-order valence-corrected chi connectivity index (χ0v) is 32.5. The third-order valence-electron chi connectivity index (χ3n) is 10.9. The number of anilines is 3. The lowest BCUT2D eigenvalue weighted by molar-refractivity contribution is 1.30. The monoisotopic (exact) mass is 762 g/mol. The zero-order valence-electron chi connectivity index (χ0n) is 30.8. The van der Waals surface area contributed by atoms with Crippen LogP contribution in [-0.2, 0) is 0 Å². The van der Waals surface area contributed by atoms with Gasteiger partial charge in [-0.1, -0.05) is 152 Å². The van der Waals surface area contributed by atoms with E-state index >= 15 is 0 Å². The Labute approximate surface area is 339 Å². The molecule has 0 aliphatic rings. The number of thiazole rings is 1. The highest BCUT2D eigenvalue weighted by Crippen LogP contribution is 2.44. The molecule has 0 fully saturated rings. The van der Waals surface area contributed by atoms with E-state index in [4.69, 9.17) is 4.98 Å². The number of hydrogen-bond acceptors (Lipinski definition) is 4. The van der Waals surface area contributed by atoms with Crippen molar-refractivity contribution < 1.29 is 0 Å². The van der Waals surface area contributed by atoms with Crippen molar-refractivity contribution in [2.45, 2.75) is 0 Å². The van der Waals surface area contributed by atoms with Crippen LogP contribution in [0.15, 0.2) is 206 Å². The van der Waals surface area contributed by atoms with Gasteiger partial charge in [-0.3, -0.25) is 0 Å². The number of thiophene rings is 1. The molecular weight excluding hydrogens is 729 g/mol. The highest BCUT2D eigenvalue weighted by atomic mass is 32.1. The van der Waals surface area contributed by atoms with Crippen molar-refractivity contribution >= 4 is 80.9 Å². The van der Waals surface area contributed by atoms with Gasteiger partial charge in [-0.05, 0) is 93.4 Å². The zero-order chi connectivity index (χ0) is 37.7. The number of hydrogen-bond donors (Lipinski definition) is 0. The molecule has 11 rings (SSSR count). The van der Waals surface area contributed by atoms with Gasteiger partial charge in [0.05, 0.1) is 15.9 Å². The fourth-order valence-corrected chi connectivity index (χ4v) is 10.2. The van der Waals surface area contributed by atoms with Crippen LogP contribution in [0.4, 0.5) is 17.1 Å². The maximum atomic E-state index is 5.01. The summed E-state index contributed by atoms with van der Waals surface area (Å²) in [6, 6.07) is 74.6. The van der Waals surface area contributed by atoms with Crippen LogP contribution in [0.2, 0.25) is 0 Å². The van der Waals surface area contributed by atoms with Gasteiger partial charge in [0, 0.05) is 42.5 Å². The highest BCUT2D eigenvalue weighted by Gasteiger charge is 2.18. The fourth-order valence-electron chi connectivity index (χ4n) is 8.09. The van der Waals surface area contributed by atoms with Crippen LogP contribution in [0, 0.1) is 0 Å². The minimum absolute atomic E-state index is 1.06. The maximum absolute atomic E-state index is 5.01. The molecule has 57 heavy (non-hydrogen) atoms. The molecule has 0 radical (unpaired) electrons. The Hall–Kier alpha value is -6.85. The topological polar surface area (TPSA) is 16.1 Å². The van der Waals surface area contributed by atoms with Crippen LogP contribution >= 0.6 is 22.7 Å². The second-order valence-corrected chi connectivity index (χ2v) is 16.5. The molecule has 268 valence electrons. The molecule has 0 saturated heterocycles. The lowest BCUT2D eigenvalue weighted by atomic mass is 9.96. The summed E-state index contributed by atoms with van der Waals surface area (Å²) in [7, 11) is 0. The Balaban J connectivity index is 1.000. The van der Waals surface area contributed by atoms with E-state index in [1.807, 2.05) is 11.3 Å². The lowest BCUT2D eigenvalue weighted by Crippen LogP contribution is -2.10. The second kappa shape index (κ2) is 14.0. The first-order valence-corrected chi connectivity index (χ1v) is 20.8. The number of fused-ring (bicyclic) bond motifs is 5. The van der Waals surface area contributed by atoms with Crippen molar-refractivity contribution in [1.29, 1.82) is 0 Å². The first kappa shape index (κ1) is 33.5. The molecule has 0 unspecified atom stereocenters.